The fourth-order valence-electron chi connectivity index (χ4n) is 2.09. The van der Waals surface area contributed by atoms with E-state index in [0.717, 1.165) is 25.9 Å². The molecular formula is C16H28N2. The van der Waals surface area contributed by atoms with Gasteiger partial charge in [-0.3, -0.25) is 0 Å². The number of likely N-dealkylation sites (N-methyl/N-ethyl adjacent to an activating group) is 2. The SMILES string of the molecule is CCc1ccc(CCN(C)CC(C)(C)NC)cc1. The van der Waals surface area contributed by atoms with Crippen LogP contribution in [0.25, 0.3) is 0 Å². The summed E-state index contributed by atoms with van der Waals surface area (Å²) in [6.45, 7) is 8.84. The van der Waals surface area contributed by atoms with Gasteiger partial charge in [0.2, 0.25) is 0 Å². The summed E-state index contributed by atoms with van der Waals surface area (Å²) in [5.74, 6) is 0. The summed E-state index contributed by atoms with van der Waals surface area (Å²) < 4.78 is 0. The van der Waals surface area contributed by atoms with Crippen LogP contribution in [0.2, 0.25) is 0 Å². The van der Waals surface area contributed by atoms with Crippen LogP contribution in [0.1, 0.15) is 31.9 Å². The first kappa shape index (κ1) is 15.2. The first-order chi connectivity index (χ1) is 8.46. The molecule has 1 rings (SSSR count). The van der Waals surface area contributed by atoms with Crippen molar-refractivity contribution in [3.63, 3.8) is 0 Å². The van der Waals surface area contributed by atoms with Gasteiger partial charge in [0.15, 0.2) is 0 Å². The highest BCUT2D eigenvalue weighted by Gasteiger charge is 2.16. The van der Waals surface area contributed by atoms with E-state index in [1.807, 2.05) is 7.05 Å². The molecule has 0 unspecified atom stereocenters. The maximum Gasteiger partial charge on any atom is 0.0249 e. The van der Waals surface area contributed by atoms with E-state index in [1.165, 1.54) is 11.1 Å². The van der Waals surface area contributed by atoms with E-state index in [4.69, 9.17) is 0 Å². The molecule has 0 saturated heterocycles. The van der Waals surface area contributed by atoms with Crippen LogP contribution in [0, 0.1) is 0 Å². The number of nitrogens with one attached hydrogen (secondary N) is 1. The minimum atomic E-state index is 0.181. The third kappa shape index (κ3) is 5.19. The van der Waals surface area contributed by atoms with Crippen molar-refractivity contribution in [1.29, 1.82) is 0 Å². The highest BCUT2D eigenvalue weighted by Crippen LogP contribution is 2.08. The summed E-state index contributed by atoms with van der Waals surface area (Å²) in [5.41, 5.74) is 3.03. The topological polar surface area (TPSA) is 15.3 Å². The average molecular weight is 248 g/mol. The van der Waals surface area contributed by atoms with Gasteiger partial charge in [0, 0.05) is 18.6 Å². The van der Waals surface area contributed by atoms with Crippen LogP contribution < -0.4 is 5.32 Å². The van der Waals surface area contributed by atoms with Crippen molar-refractivity contribution in [3.05, 3.63) is 35.4 Å². The van der Waals surface area contributed by atoms with E-state index in [2.05, 4.69) is 62.3 Å². The maximum atomic E-state index is 3.34. The standard InChI is InChI=1S/C16H28N2/c1-6-14-7-9-15(10-8-14)11-12-18(5)13-16(2,3)17-4/h7-10,17H,6,11-13H2,1-5H3. The molecular weight excluding hydrogens is 220 g/mol. The quantitative estimate of drug-likeness (QED) is 0.798. The molecule has 0 aliphatic rings. The van der Waals surface area contributed by atoms with E-state index in [9.17, 15) is 0 Å². The van der Waals surface area contributed by atoms with Crippen molar-refractivity contribution in [2.75, 3.05) is 27.2 Å². The Balaban J connectivity index is 2.39. The van der Waals surface area contributed by atoms with Gasteiger partial charge in [0.25, 0.3) is 0 Å². The molecule has 0 bridgehead atoms. The van der Waals surface area contributed by atoms with E-state index < -0.39 is 0 Å². The third-order valence-corrected chi connectivity index (χ3v) is 3.56. The van der Waals surface area contributed by atoms with Crippen LogP contribution in [0.3, 0.4) is 0 Å². The summed E-state index contributed by atoms with van der Waals surface area (Å²) in [6, 6.07) is 9.01. The van der Waals surface area contributed by atoms with Crippen molar-refractivity contribution in [3.8, 4) is 0 Å². The zero-order valence-corrected chi connectivity index (χ0v) is 12.6. The van der Waals surface area contributed by atoms with E-state index in [-0.39, 0.29) is 5.54 Å². The Bertz CT molecular complexity index is 341. The second-order valence-electron chi connectivity index (χ2n) is 5.79. The minimum Gasteiger partial charge on any atom is -0.314 e. The molecule has 0 aliphatic carbocycles. The van der Waals surface area contributed by atoms with E-state index in [0.29, 0.717) is 0 Å². The number of benzene rings is 1. The number of hydrogen-bond donors (Lipinski definition) is 1. The number of rotatable bonds is 7. The molecule has 0 atom stereocenters. The van der Waals surface area contributed by atoms with Crippen molar-refractivity contribution < 1.29 is 0 Å². The minimum absolute atomic E-state index is 0.181. The van der Waals surface area contributed by atoms with Gasteiger partial charge >= 0.3 is 0 Å². The molecule has 0 aromatic heterocycles. The third-order valence-electron chi connectivity index (χ3n) is 3.56. The molecule has 0 fully saturated rings. The summed E-state index contributed by atoms with van der Waals surface area (Å²) in [7, 11) is 4.22. The Hall–Kier alpha value is -0.860. The van der Waals surface area contributed by atoms with E-state index >= 15 is 0 Å². The lowest BCUT2D eigenvalue weighted by Gasteiger charge is -2.30. The van der Waals surface area contributed by atoms with Gasteiger partial charge in [0.05, 0.1) is 0 Å². The van der Waals surface area contributed by atoms with E-state index in [1.54, 1.807) is 0 Å². The second-order valence-corrected chi connectivity index (χ2v) is 5.79. The Morgan fingerprint density at radius 1 is 1.11 bits per heavy atom. The zero-order chi connectivity index (χ0) is 13.6. The lowest BCUT2D eigenvalue weighted by Crippen LogP contribution is -2.46. The Morgan fingerprint density at radius 3 is 2.17 bits per heavy atom. The first-order valence-electron chi connectivity index (χ1n) is 6.92. The Morgan fingerprint density at radius 2 is 1.67 bits per heavy atom. The molecule has 2 heteroatoms. The molecule has 0 amide bonds. The van der Waals surface area contributed by atoms with Crippen molar-refractivity contribution in [1.82, 2.24) is 10.2 Å². The summed E-state index contributed by atoms with van der Waals surface area (Å²) in [4.78, 5) is 2.39. The van der Waals surface area contributed by atoms with Crippen LogP contribution in [-0.4, -0.2) is 37.6 Å². The van der Waals surface area contributed by atoms with Crippen LogP contribution >= 0.6 is 0 Å². The Labute approximate surface area is 112 Å². The molecule has 0 radical (unpaired) electrons. The second kappa shape index (κ2) is 6.91. The predicted molar refractivity (Wildman–Crippen MR) is 80.2 cm³/mol. The van der Waals surface area contributed by atoms with Crippen molar-refractivity contribution >= 4 is 0 Å². The monoisotopic (exact) mass is 248 g/mol. The zero-order valence-electron chi connectivity index (χ0n) is 12.6. The largest absolute Gasteiger partial charge is 0.314 e. The smallest absolute Gasteiger partial charge is 0.0249 e. The number of aryl methyl sites for hydroxylation is 1. The van der Waals surface area contributed by atoms with Crippen LogP contribution in [-0.2, 0) is 12.8 Å². The maximum absolute atomic E-state index is 3.34. The molecule has 18 heavy (non-hydrogen) atoms. The summed E-state index contributed by atoms with van der Waals surface area (Å²) >= 11 is 0. The molecule has 0 aliphatic heterocycles. The first-order valence-corrected chi connectivity index (χ1v) is 6.92. The van der Waals surface area contributed by atoms with Gasteiger partial charge in [-0.1, -0.05) is 31.2 Å². The predicted octanol–water partition coefficient (Wildman–Crippen LogP) is 2.72. The molecule has 1 aromatic rings. The van der Waals surface area contributed by atoms with Crippen LogP contribution in [0.4, 0.5) is 0 Å². The summed E-state index contributed by atoms with van der Waals surface area (Å²) in [5, 5.41) is 3.34. The van der Waals surface area contributed by atoms with Gasteiger partial charge in [-0.2, -0.15) is 0 Å². The van der Waals surface area contributed by atoms with Crippen LogP contribution in [0.5, 0.6) is 0 Å². The molecule has 0 saturated carbocycles. The van der Waals surface area contributed by atoms with Gasteiger partial charge < -0.3 is 10.2 Å². The molecule has 1 aromatic carbocycles. The average Bonchev–Trinajstić information content (AvgIpc) is 2.36. The number of hydrogen-bond acceptors (Lipinski definition) is 2. The highest BCUT2D eigenvalue weighted by molar-refractivity contribution is 5.22. The van der Waals surface area contributed by atoms with Gasteiger partial charge in [-0.25, -0.2) is 0 Å². The molecule has 2 nitrogen and oxygen atoms in total. The van der Waals surface area contributed by atoms with Gasteiger partial charge in [-0.15, -0.1) is 0 Å². The number of nitrogens with zero attached hydrogens (tertiary/aromatic N) is 1. The summed E-state index contributed by atoms with van der Waals surface area (Å²) in [6.07, 6.45) is 2.25. The highest BCUT2D eigenvalue weighted by atomic mass is 15.1. The fourth-order valence-corrected chi connectivity index (χ4v) is 2.09. The molecule has 0 spiro atoms. The molecule has 0 heterocycles. The fraction of sp³-hybridized carbons (Fsp3) is 0.625. The van der Waals surface area contributed by atoms with Crippen molar-refractivity contribution in [2.24, 2.45) is 0 Å². The Kier molecular flexibility index (Phi) is 5.83. The molecule has 102 valence electrons. The van der Waals surface area contributed by atoms with Crippen LogP contribution in [0.15, 0.2) is 24.3 Å². The van der Waals surface area contributed by atoms with Crippen molar-refractivity contribution in [2.45, 2.75) is 39.2 Å². The van der Waals surface area contributed by atoms with Gasteiger partial charge in [0.1, 0.15) is 0 Å². The normalized spacial score (nSPS) is 12.1. The molecule has 1 N–H and O–H groups in total. The lowest BCUT2D eigenvalue weighted by atomic mass is 10.0. The van der Waals surface area contributed by atoms with Gasteiger partial charge in [-0.05, 0) is 51.9 Å². The lowest BCUT2D eigenvalue weighted by molar-refractivity contribution is 0.246.